The van der Waals surface area contributed by atoms with E-state index in [0.29, 0.717) is 19.7 Å². The van der Waals surface area contributed by atoms with Crippen LogP contribution < -0.4 is 10.2 Å². The molecule has 1 N–H and O–H groups in total. The molecule has 3 rings (SSSR count). The van der Waals surface area contributed by atoms with Crippen LogP contribution in [0.1, 0.15) is 18.1 Å². The zero-order valence-electron chi connectivity index (χ0n) is 15.3. The molecule has 1 saturated heterocycles. The summed E-state index contributed by atoms with van der Waals surface area (Å²) in [4.78, 5) is 24.4. The van der Waals surface area contributed by atoms with E-state index in [0.717, 1.165) is 31.3 Å². The van der Waals surface area contributed by atoms with Gasteiger partial charge in [-0.05, 0) is 19.4 Å². The molecule has 1 aliphatic heterocycles. The fourth-order valence-corrected chi connectivity index (χ4v) is 2.96. The molecule has 0 radical (unpaired) electrons. The fraction of sp³-hybridized carbons (Fsp3) is 0.421. The summed E-state index contributed by atoms with van der Waals surface area (Å²) < 4.78 is 5.06. The normalized spacial score (nSPS) is 14.2. The van der Waals surface area contributed by atoms with Gasteiger partial charge >= 0.3 is 6.09 Å². The zero-order chi connectivity index (χ0) is 18.4. The minimum Gasteiger partial charge on any atom is -0.450 e. The summed E-state index contributed by atoms with van der Waals surface area (Å²) in [6, 6.07) is 10.3. The lowest BCUT2D eigenvalue weighted by Gasteiger charge is -2.34. The summed E-state index contributed by atoms with van der Waals surface area (Å²) in [5, 5.41) is 3.35. The first-order valence-electron chi connectivity index (χ1n) is 8.94. The van der Waals surface area contributed by atoms with Crippen LogP contribution in [-0.4, -0.2) is 53.7 Å². The first-order chi connectivity index (χ1) is 12.7. The lowest BCUT2D eigenvalue weighted by atomic mass is 10.1. The number of amides is 1. The van der Waals surface area contributed by atoms with E-state index in [9.17, 15) is 4.79 Å². The largest absolute Gasteiger partial charge is 0.450 e. The Labute approximate surface area is 154 Å². The van der Waals surface area contributed by atoms with E-state index in [1.807, 2.05) is 13.0 Å². The molecule has 138 valence electrons. The average Bonchev–Trinajstić information content (AvgIpc) is 2.67. The Hall–Kier alpha value is -2.83. The van der Waals surface area contributed by atoms with Gasteiger partial charge in [-0.25, -0.2) is 14.8 Å². The molecule has 26 heavy (non-hydrogen) atoms. The lowest BCUT2D eigenvalue weighted by Crippen LogP contribution is -2.49. The van der Waals surface area contributed by atoms with Crippen molar-refractivity contribution in [3.8, 4) is 0 Å². The van der Waals surface area contributed by atoms with Crippen molar-refractivity contribution >= 4 is 17.7 Å². The molecule has 0 aliphatic carbocycles. The van der Waals surface area contributed by atoms with Gasteiger partial charge in [0.05, 0.1) is 6.61 Å². The van der Waals surface area contributed by atoms with Crippen molar-refractivity contribution < 1.29 is 9.53 Å². The Morgan fingerprint density at radius 2 is 2.00 bits per heavy atom. The molecule has 2 heterocycles. The highest BCUT2D eigenvalue weighted by atomic mass is 16.6. The number of carbonyl (C=O) groups excluding carboxylic acids is 1. The second kappa shape index (κ2) is 8.51. The number of aromatic nitrogens is 2. The minimum atomic E-state index is -0.240. The van der Waals surface area contributed by atoms with Crippen molar-refractivity contribution in [3.63, 3.8) is 0 Å². The molecule has 0 atom stereocenters. The highest BCUT2D eigenvalue weighted by molar-refractivity contribution is 5.68. The maximum Gasteiger partial charge on any atom is 0.409 e. The second-order valence-electron chi connectivity index (χ2n) is 6.28. The molecule has 1 aromatic heterocycles. The van der Waals surface area contributed by atoms with Gasteiger partial charge in [0.25, 0.3) is 0 Å². The van der Waals surface area contributed by atoms with E-state index < -0.39 is 0 Å². The van der Waals surface area contributed by atoms with Crippen molar-refractivity contribution in [2.75, 3.05) is 43.0 Å². The van der Waals surface area contributed by atoms with Crippen LogP contribution in [0.4, 0.5) is 16.4 Å². The van der Waals surface area contributed by atoms with Crippen LogP contribution in [0.3, 0.4) is 0 Å². The van der Waals surface area contributed by atoms with E-state index in [2.05, 4.69) is 51.4 Å². The van der Waals surface area contributed by atoms with Crippen LogP contribution in [0.5, 0.6) is 0 Å². The summed E-state index contributed by atoms with van der Waals surface area (Å²) in [6.07, 6.45) is 1.33. The Morgan fingerprint density at radius 1 is 1.19 bits per heavy atom. The third-order valence-corrected chi connectivity index (χ3v) is 4.34. The Kier molecular flexibility index (Phi) is 5.88. The number of nitrogens with zero attached hydrogens (tertiary/aromatic N) is 4. The molecule has 0 spiro atoms. The highest BCUT2D eigenvalue weighted by Crippen LogP contribution is 2.17. The van der Waals surface area contributed by atoms with Gasteiger partial charge in [-0.1, -0.05) is 29.8 Å². The molecule has 7 nitrogen and oxygen atoms in total. The molecule has 1 aliphatic rings. The molecule has 0 unspecified atom stereocenters. The van der Waals surface area contributed by atoms with Crippen molar-refractivity contribution in [1.29, 1.82) is 0 Å². The monoisotopic (exact) mass is 355 g/mol. The zero-order valence-corrected chi connectivity index (χ0v) is 15.3. The smallest absolute Gasteiger partial charge is 0.409 e. The predicted octanol–water partition coefficient (Wildman–Crippen LogP) is 2.68. The highest BCUT2D eigenvalue weighted by Gasteiger charge is 2.22. The molecule has 2 aromatic rings. The van der Waals surface area contributed by atoms with Crippen LogP contribution in [0, 0.1) is 6.92 Å². The van der Waals surface area contributed by atoms with Gasteiger partial charge in [-0.2, -0.15) is 0 Å². The number of piperazine rings is 1. The first kappa shape index (κ1) is 18.0. The third kappa shape index (κ3) is 4.62. The molecule has 1 amide bonds. The summed E-state index contributed by atoms with van der Waals surface area (Å²) in [5.74, 6) is 1.67. The Bertz CT molecular complexity index is 744. The van der Waals surface area contributed by atoms with Gasteiger partial charge in [-0.15, -0.1) is 0 Å². The van der Waals surface area contributed by atoms with Crippen LogP contribution >= 0.6 is 0 Å². The maximum atomic E-state index is 11.8. The number of ether oxygens (including phenoxy) is 1. The van der Waals surface area contributed by atoms with Crippen molar-refractivity contribution in [1.82, 2.24) is 14.9 Å². The summed E-state index contributed by atoms with van der Waals surface area (Å²) >= 11 is 0. The van der Waals surface area contributed by atoms with Crippen LogP contribution in [0.25, 0.3) is 0 Å². The van der Waals surface area contributed by atoms with Crippen LogP contribution in [0.2, 0.25) is 0 Å². The molecule has 0 saturated carbocycles. The van der Waals surface area contributed by atoms with Crippen LogP contribution in [0.15, 0.2) is 36.7 Å². The molecule has 1 fully saturated rings. The predicted molar refractivity (Wildman–Crippen MR) is 101 cm³/mol. The van der Waals surface area contributed by atoms with E-state index >= 15 is 0 Å². The summed E-state index contributed by atoms with van der Waals surface area (Å²) in [5.41, 5.74) is 2.46. The quantitative estimate of drug-likeness (QED) is 0.889. The molecule has 7 heteroatoms. The van der Waals surface area contributed by atoms with Gasteiger partial charge in [0, 0.05) is 38.8 Å². The SMILES string of the molecule is CCOC(=O)N1CCN(c2cc(NCc3cccc(C)c3)ncn2)CC1. The van der Waals surface area contributed by atoms with Gasteiger partial charge in [0.1, 0.15) is 18.0 Å². The number of aryl methyl sites for hydroxylation is 1. The van der Waals surface area contributed by atoms with Gasteiger partial charge in [0.15, 0.2) is 0 Å². The fourth-order valence-electron chi connectivity index (χ4n) is 2.96. The summed E-state index contributed by atoms with van der Waals surface area (Å²) in [6.45, 7) is 7.75. The summed E-state index contributed by atoms with van der Waals surface area (Å²) in [7, 11) is 0. The molecular formula is C19H25N5O2. The van der Waals surface area contributed by atoms with Crippen molar-refractivity contribution in [3.05, 3.63) is 47.8 Å². The van der Waals surface area contributed by atoms with Crippen molar-refractivity contribution in [2.45, 2.75) is 20.4 Å². The van der Waals surface area contributed by atoms with E-state index in [1.165, 1.54) is 11.1 Å². The maximum absolute atomic E-state index is 11.8. The standard InChI is InChI=1S/C19H25N5O2/c1-3-26-19(25)24-9-7-23(8-10-24)18-12-17(21-14-22-18)20-13-16-6-4-5-15(2)11-16/h4-6,11-12,14H,3,7-10,13H2,1-2H3,(H,20,21,22). The number of anilines is 2. The van der Waals surface area contributed by atoms with Crippen molar-refractivity contribution in [2.24, 2.45) is 0 Å². The average molecular weight is 355 g/mol. The number of benzene rings is 1. The first-order valence-corrected chi connectivity index (χ1v) is 8.94. The minimum absolute atomic E-state index is 0.240. The third-order valence-electron chi connectivity index (χ3n) is 4.34. The van der Waals surface area contributed by atoms with Gasteiger partial charge < -0.3 is 19.9 Å². The number of hydrogen-bond donors (Lipinski definition) is 1. The Morgan fingerprint density at radius 3 is 2.73 bits per heavy atom. The topological polar surface area (TPSA) is 70.6 Å². The Balaban J connectivity index is 1.57. The van der Waals surface area contributed by atoms with E-state index in [4.69, 9.17) is 4.74 Å². The second-order valence-corrected chi connectivity index (χ2v) is 6.28. The van der Waals surface area contributed by atoms with E-state index in [-0.39, 0.29) is 6.09 Å². The molecule has 0 bridgehead atoms. The number of rotatable bonds is 5. The van der Waals surface area contributed by atoms with Gasteiger partial charge in [-0.3, -0.25) is 0 Å². The lowest BCUT2D eigenvalue weighted by molar-refractivity contribution is 0.105. The number of carbonyl (C=O) groups is 1. The number of nitrogens with one attached hydrogen (secondary N) is 1. The number of hydrogen-bond acceptors (Lipinski definition) is 6. The molecular weight excluding hydrogens is 330 g/mol. The van der Waals surface area contributed by atoms with E-state index in [1.54, 1.807) is 11.2 Å². The van der Waals surface area contributed by atoms with Gasteiger partial charge in [0.2, 0.25) is 0 Å². The van der Waals surface area contributed by atoms with Crippen LogP contribution in [-0.2, 0) is 11.3 Å². The molecule has 1 aromatic carbocycles.